The molecule has 0 amide bonds. The Bertz CT molecular complexity index is 2690. The van der Waals surface area contributed by atoms with Crippen molar-refractivity contribution in [2.24, 2.45) is 0 Å². The Morgan fingerprint density at radius 2 is 0.811 bits per heavy atom. The topological polar surface area (TPSA) is 39.4 Å². The molecule has 0 N–H and O–H groups in total. The Kier molecular flexibility index (Phi) is 7.86. The summed E-state index contributed by atoms with van der Waals surface area (Å²) in [5, 5.41) is 1.86. The van der Waals surface area contributed by atoms with Crippen LogP contribution >= 0.6 is 0 Å². The van der Waals surface area contributed by atoms with E-state index in [9.17, 15) is 0 Å². The van der Waals surface area contributed by atoms with Crippen molar-refractivity contribution >= 4 is 33.2 Å². The summed E-state index contributed by atoms with van der Waals surface area (Å²) in [6.45, 7) is 15.5. The third-order valence-corrected chi connectivity index (χ3v) is 9.62. The fraction of sp³-hybridized carbons (Fsp3) is 0. The highest BCUT2D eigenvalue weighted by Gasteiger charge is 2.23. The second-order valence-corrected chi connectivity index (χ2v) is 12.8. The van der Waals surface area contributed by atoms with E-state index in [1.54, 1.807) is 0 Å². The van der Waals surface area contributed by atoms with Crippen LogP contribution in [0.2, 0.25) is 0 Å². The van der Waals surface area contributed by atoms with Gasteiger partial charge in [0.05, 0.1) is 41.3 Å². The minimum Gasteiger partial charge on any atom is -0.308 e. The molecule has 5 heteroatoms. The van der Waals surface area contributed by atoms with Gasteiger partial charge in [-0.3, -0.25) is 0 Å². The van der Waals surface area contributed by atoms with Crippen LogP contribution in [-0.4, -0.2) is 14.5 Å². The Morgan fingerprint density at radius 3 is 1.26 bits per heavy atom. The fourth-order valence-corrected chi connectivity index (χ4v) is 7.15. The first-order valence-electron chi connectivity index (χ1n) is 17.3. The maximum atomic E-state index is 7.77. The number of benzene rings is 7. The molecule has 0 saturated carbocycles. The highest BCUT2D eigenvalue weighted by Crippen LogP contribution is 2.45. The standard InChI is InChI=1S/C48H29N5/c1-49-37-23-25-45-41(29-37)42-30-38(50-2)24-26-46(42)53(45)47-39(32-15-7-3-8-16-32)27-36(28-40(47)33-17-9-4-10-18-33)44-31-43(34-19-11-5-12-20-34)51-48(52-44)35-21-13-6-14-22-35/h3-31H. The van der Waals surface area contributed by atoms with E-state index in [4.69, 9.17) is 23.1 Å². The molecule has 5 nitrogen and oxygen atoms in total. The van der Waals surface area contributed by atoms with Crippen molar-refractivity contribution < 1.29 is 0 Å². The highest BCUT2D eigenvalue weighted by molar-refractivity contribution is 6.12. The van der Waals surface area contributed by atoms with Crippen molar-refractivity contribution in [3.8, 4) is 61.8 Å². The Balaban J connectivity index is 1.41. The maximum absolute atomic E-state index is 7.77. The van der Waals surface area contributed by atoms with Gasteiger partial charge >= 0.3 is 0 Å². The third-order valence-electron chi connectivity index (χ3n) is 9.62. The molecule has 0 radical (unpaired) electrons. The molecule has 2 aromatic heterocycles. The summed E-state index contributed by atoms with van der Waals surface area (Å²) in [6.07, 6.45) is 0. The van der Waals surface area contributed by atoms with Crippen LogP contribution in [0.5, 0.6) is 0 Å². The van der Waals surface area contributed by atoms with Crippen molar-refractivity contribution in [1.82, 2.24) is 14.5 Å². The lowest BCUT2D eigenvalue weighted by Crippen LogP contribution is -2.02. The summed E-state index contributed by atoms with van der Waals surface area (Å²) in [5.41, 5.74) is 12.7. The lowest BCUT2D eigenvalue weighted by molar-refractivity contribution is 1.17. The minimum atomic E-state index is 0.555. The number of fused-ring (bicyclic) bond motifs is 3. The lowest BCUT2D eigenvalue weighted by Gasteiger charge is -2.21. The largest absolute Gasteiger partial charge is 0.308 e. The van der Waals surface area contributed by atoms with Crippen LogP contribution < -0.4 is 0 Å². The zero-order chi connectivity index (χ0) is 35.7. The van der Waals surface area contributed by atoms with Crippen molar-refractivity contribution in [1.29, 1.82) is 0 Å². The monoisotopic (exact) mass is 675 g/mol. The van der Waals surface area contributed by atoms with Gasteiger partial charge in [0.1, 0.15) is 0 Å². The van der Waals surface area contributed by atoms with Crippen LogP contribution in [-0.2, 0) is 0 Å². The van der Waals surface area contributed by atoms with Crippen LogP contribution in [0, 0.1) is 13.1 Å². The SMILES string of the molecule is [C-]#[N+]c1ccc2c(c1)c1cc([N+]#[C-])ccc1n2-c1c(-c2ccccc2)cc(-c2cc(-c3ccccc3)nc(-c3ccccc3)n2)cc1-c1ccccc1. The van der Waals surface area contributed by atoms with E-state index in [2.05, 4.69) is 93.1 Å². The highest BCUT2D eigenvalue weighted by atomic mass is 15.0. The second kappa shape index (κ2) is 13.3. The summed E-state index contributed by atoms with van der Waals surface area (Å²) >= 11 is 0. The van der Waals surface area contributed by atoms with Crippen molar-refractivity contribution in [3.63, 3.8) is 0 Å². The lowest BCUT2D eigenvalue weighted by atomic mass is 9.91. The van der Waals surface area contributed by atoms with Gasteiger partial charge < -0.3 is 4.57 Å². The van der Waals surface area contributed by atoms with E-state index in [0.717, 1.165) is 77.8 Å². The molecule has 246 valence electrons. The summed E-state index contributed by atoms with van der Waals surface area (Å²) in [4.78, 5) is 17.8. The zero-order valence-electron chi connectivity index (χ0n) is 28.5. The first-order chi connectivity index (χ1) is 26.2. The molecule has 2 heterocycles. The normalized spacial score (nSPS) is 11.0. The summed E-state index contributed by atoms with van der Waals surface area (Å²) in [5.74, 6) is 0.655. The van der Waals surface area contributed by atoms with Crippen LogP contribution in [0.25, 0.3) is 93.3 Å². The molecule has 0 aliphatic carbocycles. The van der Waals surface area contributed by atoms with E-state index in [1.807, 2.05) is 97.1 Å². The second-order valence-electron chi connectivity index (χ2n) is 12.8. The van der Waals surface area contributed by atoms with Crippen LogP contribution in [0.15, 0.2) is 176 Å². The van der Waals surface area contributed by atoms with E-state index in [-0.39, 0.29) is 0 Å². The smallest absolute Gasteiger partial charge is 0.188 e. The van der Waals surface area contributed by atoms with Crippen molar-refractivity contribution in [2.45, 2.75) is 0 Å². The number of nitrogens with zero attached hydrogens (tertiary/aromatic N) is 5. The van der Waals surface area contributed by atoms with Gasteiger partial charge in [-0.15, -0.1) is 0 Å². The number of aromatic nitrogens is 3. The molecule has 0 fully saturated rings. The number of hydrogen-bond acceptors (Lipinski definition) is 2. The quantitative estimate of drug-likeness (QED) is 0.165. The molecule has 0 saturated heterocycles. The number of rotatable bonds is 6. The van der Waals surface area contributed by atoms with Gasteiger partial charge in [-0.05, 0) is 64.4 Å². The average Bonchev–Trinajstić information content (AvgIpc) is 3.56. The maximum Gasteiger partial charge on any atom is 0.188 e. The molecular formula is C48H29N5. The Hall–Kier alpha value is -7.60. The third kappa shape index (κ3) is 5.69. The molecule has 0 aliphatic rings. The molecule has 9 rings (SSSR count). The summed E-state index contributed by atoms with van der Waals surface area (Å²) in [7, 11) is 0. The summed E-state index contributed by atoms with van der Waals surface area (Å²) < 4.78 is 2.30. The first kappa shape index (κ1) is 31.4. The Morgan fingerprint density at radius 1 is 0.396 bits per heavy atom. The van der Waals surface area contributed by atoms with Gasteiger partial charge in [-0.1, -0.05) is 133 Å². The molecule has 0 aliphatic heterocycles. The molecule has 9 aromatic rings. The molecular weight excluding hydrogens is 647 g/mol. The van der Waals surface area contributed by atoms with Gasteiger partial charge in [0.25, 0.3) is 0 Å². The van der Waals surface area contributed by atoms with Crippen LogP contribution in [0.1, 0.15) is 0 Å². The van der Waals surface area contributed by atoms with Crippen LogP contribution in [0.4, 0.5) is 11.4 Å². The predicted octanol–water partition coefficient (Wildman–Crippen LogP) is 13.0. The van der Waals surface area contributed by atoms with E-state index < -0.39 is 0 Å². The molecule has 0 atom stereocenters. The van der Waals surface area contributed by atoms with E-state index in [0.29, 0.717) is 17.2 Å². The molecule has 0 spiro atoms. The molecule has 0 unspecified atom stereocenters. The summed E-state index contributed by atoms with van der Waals surface area (Å²) in [6, 6.07) is 59.5. The average molecular weight is 676 g/mol. The van der Waals surface area contributed by atoms with E-state index >= 15 is 0 Å². The minimum absolute atomic E-state index is 0.555. The van der Waals surface area contributed by atoms with Crippen molar-refractivity contribution in [2.75, 3.05) is 0 Å². The number of hydrogen-bond donors (Lipinski definition) is 0. The van der Waals surface area contributed by atoms with E-state index in [1.165, 1.54) is 0 Å². The van der Waals surface area contributed by atoms with Gasteiger partial charge in [0.2, 0.25) is 0 Å². The van der Waals surface area contributed by atoms with Gasteiger partial charge in [-0.2, -0.15) is 0 Å². The predicted molar refractivity (Wildman–Crippen MR) is 216 cm³/mol. The molecule has 53 heavy (non-hydrogen) atoms. The van der Waals surface area contributed by atoms with Crippen molar-refractivity contribution in [3.05, 3.63) is 199 Å². The molecule has 0 bridgehead atoms. The van der Waals surface area contributed by atoms with Gasteiger partial charge in [0, 0.05) is 27.8 Å². The van der Waals surface area contributed by atoms with Gasteiger partial charge in [-0.25, -0.2) is 19.7 Å². The van der Waals surface area contributed by atoms with Gasteiger partial charge in [0.15, 0.2) is 17.2 Å². The Labute approximate surface area is 307 Å². The molecule has 7 aromatic carbocycles. The fourth-order valence-electron chi connectivity index (χ4n) is 7.15. The zero-order valence-corrected chi connectivity index (χ0v) is 28.5. The van der Waals surface area contributed by atoms with Crippen LogP contribution in [0.3, 0.4) is 0 Å². The first-order valence-corrected chi connectivity index (χ1v) is 17.3.